The number of hydrogen-bond acceptors (Lipinski definition) is 2. The molecule has 0 saturated heterocycles. The Morgan fingerprint density at radius 1 is 0.654 bits per heavy atom. The molecule has 0 spiro atoms. The fourth-order valence-electron chi connectivity index (χ4n) is 3.20. The van der Waals surface area contributed by atoms with Crippen LogP contribution in [0.3, 0.4) is 0 Å². The van der Waals surface area contributed by atoms with Crippen molar-refractivity contribution in [1.29, 1.82) is 0 Å². The molecule has 0 radical (unpaired) electrons. The summed E-state index contributed by atoms with van der Waals surface area (Å²) in [7, 11) is 0. The van der Waals surface area contributed by atoms with E-state index in [0.29, 0.717) is 0 Å². The Kier molecular flexibility index (Phi) is 4.64. The second-order valence-corrected chi connectivity index (χ2v) is 8.87. The zero-order valence-corrected chi connectivity index (χ0v) is 17.1. The molecule has 0 amide bonds. The van der Waals surface area contributed by atoms with Crippen molar-refractivity contribution in [3.8, 4) is 11.5 Å². The monoisotopic (exact) mass is 350 g/mol. The maximum absolute atomic E-state index is 6.46. The van der Waals surface area contributed by atoms with Crippen molar-refractivity contribution in [3.63, 3.8) is 0 Å². The highest BCUT2D eigenvalue weighted by atomic mass is 16.5. The molecule has 0 aliphatic carbocycles. The van der Waals surface area contributed by atoms with Gasteiger partial charge in [0.15, 0.2) is 0 Å². The average Bonchev–Trinajstić information content (AvgIpc) is 2.55. The molecule has 138 valence electrons. The highest BCUT2D eigenvalue weighted by Crippen LogP contribution is 2.45. The number of ether oxygens (including phenoxy) is 2. The smallest absolute Gasteiger partial charge is 0.136 e. The number of aryl methyl sites for hydroxylation is 1. The quantitative estimate of drug-likeness (QED) is 0.478. The fourth-order valence-corrected chi connectivity index (χ4v) is 3.20. The van der Waals surface area contributed by atoms with Crippen LogP contribution in [0.1, 0.15) is 54.0 Å². The van der Waals surface area contributed by atoms with E-state index in [9.17, 15) is 0 Å². The summed E-state index contributed by atoms with van der Waals surface area (Å²) in [6.45, 7) is 14.7. The molecule has 0 aromatic heterocycles. The first-order valence-corrected chi connectivity index (χ1v) is 9.44. The number of fused-ring (bicyclic) bond motifs is 2. The number of rotatable bonds is 3. The maximum Gasteiger partial charge on any atom is 0.136 e. The molecular formula is C24H30O2. The lowest BCUT2D eigenvalue weighted by Gasteiger charge is -2.28. The number of hydrogen-bond donors (Lipinski definition) is 0. The van der Waals surface area contributed by atoms with Crippen molar-refractivity contribution in [1.82, 2.24) is 0 Å². The van der Waals surface area contributed by atoms with Crippen LogP contribution < -0.4 is 9.47 Å². The van der Waals surface area contributed by atoms with Gasteiger partial charge in [-0.05, 0) is 59.6 Å². The van der Waals surface area contributed by atoms with Gasteiger partial charge in [-0.15, -0.1) is 0 Å². The Morgan fingerprint density at radius 3 is 1.58 bits per heavy atom. The van der Waals surface area contributed by atoms with Gasteiger partial charge < -0.3 is 9.47 Å². The standard InChI is InChI=1S/C24H30O2/c1-8-16-13-14-19-20(15-16)22(26-24(5,6)7)18-12-10-9-11-17(18)21(19)25-23(2,3)4/h9-15H,8H2,1-7H3. The van der Waals surface area contributed by atoms with Crippen molar-refractivity contribution >= 4 is 21.5 Å². The summed E-state index contributed by atoms with van der Waals surface area (Å²) in [4.78, 5) is 0. The van der Waals surface area contributed by atoms with Gasteiger partial charge in [0.05, 0.1) is 0 Å². The summed E-state index contributed by atoms with van der Waals surface area (Å²) in [6, 6.07) is 15.0. The molecule has 0 aliphatic rings. The van der Waals surface area contributed by atoms with Crippen molar-refractivity contribution in [3.05, 3.63) is 48.0 Å². The SMILES string of the molecule is CCc1ccc2c(OC(C)(C)C)c3ccccc3c(OC(C)(C)C)c2c1. The lowest BCUT2D eigenvalue weighted by Crippen LogP contribution is -2.24. The molecule has 3 aromatic rings. The highest BCUT2D eigenvalue weighted by Gasteiger charge is 2.23. The van der Waals surface area contributed by atoms with Gasteiger partial charge in [0.2, 0.25) is 0 Å². The molecule has 0 fully saturated rings. The Labute approximate surface area is 157 Å². The first-order valence-electron chi connectivity index (χ1n) is 9.44. The van der Waals surface area contributed by atoms with Crippen LogP contribution in [0.4, 0.5) is 0 Å². The average molecular weight is 351 g/mol. The lowest BCUT2D eigenvalue weighted by atomic mass is 9.97. The van der Waals surface area contributed by atoms with E-state index in [4.69, 9.17) is 9.47 Å². The molecule has 3 aromatic carbocycles. The molecule has 2 nitrogen and oxygen atoms in total. The molecule has 0 heterocycles. The molecular weight excluding hydrogens is 320 g/mol. The van der Waals surface area contributed by atoms with Crippen molar-refractivity contribution in [2.75, 3.05) is 0 Å². The molecule has 0 bridgehead atoms. The Balaban J connectivity index is 2.44. The van der Waals surface area contributed by atoms with Gasteiger partial charge in [-0.2, -0.15) is 0 Å². The highest BCUT2D eigenvalue weighted by molar-refractivity contribution is 6.11. The zero-order chi connectivity index (χ0) is 19.1. The maximum atomic E-state index is 6.46. The van der Waals surface area contributed by atoms with E-state index in [0.717, 1.165) is 39.5 Å². The summed E-state index contributed by atoms with van der Waals surface area (Å²) in [5.41, 5.74) is 0.754. The number of benzene rings is 3. The van der Waals surface area contributed by atoms with Gasteiger partial charge in [0.1, 0.15) is 22.7 Å². The van der Waals surface area contributed by atoms with Crippen LogP contribution in [-0.2, 0) is 6.42 Å². The largest absolute Gasteiger partial charge is 0.487 e. The lowest BCUT2D eigenvalue weighted by molar-refractivity contribution is 0.131. The molecule has 0 unspecified atom stereocenters. The van der Waals surface area contributed by atoms with Gasteiger partial charge in [-0.3, -0.25) is 0 Å². The Morgan fingerprint density at radius 2 is 1.12 bits per heavy atom. The second kappa shape index (κ2) is 6.50. The van der Waals surface area contributed by atoms with Crippen LogP contribution in [-0.4, -0.2) is 11.2 Å². The van der Waals surface area contributed by atoms with Crippen molar-refractivity contribution in [2.24, 2.45) is 0 Å². The minimum absolute atomic E-state index is 0.272. The first kappa shape index (κ1) is 18.6. The molecule has 0 aliphatic heterocycles. The van der Waals surface area contributed by atoms with E-state index >= 15 is 0 Å². The molecule has 0 atom stereocenters. The third kappa shape index (κ3) is 3.80. The summed E-state index contributed by atoms with van der Waals surface area (Å²) in [5.74, 6) is 1.88. The minimum Gasteiger partial charge on any atom is -0.487 e. The Hall–Kier alpha value is -2.22. The van der Waals surface area contributed by atoms with Crippen LogP contribution in [0.5, 0.6) is 11.5 Å². The predicted molar refractivity (Wildman–Crippen MR) is 112 cm³/mol. The van der Waals surface area contributed by atoms with E-state index in [1.165, 1.54) is 5.56 Å². The topological polar surface area (TPSA) is 18.5 Å². The normalized spacial score (nSPS) is 12.6. The van der Waals surface area contributed by atoms with Crippen molar-refractivity contribution in [2.45, 2.75) is 66.1 Å². The summed E-state index contributed by atoms with van der Waals surface area (Å²) >= 11 is 0. The van der Waals surface area contributed by atoms with Gasteiger partial charge in [0.25, 0.3) is 0 Å². The molecule has 3 rings (SSSR count). The first-order chi connectivity index (χ1) is 12.1. The minimum atomic E-state index is -0.273. The Bertz CT molecular complexity index is 940. The molecule has 26 heavy (non-hydrogen) atoms. The van der Waals surface area contributed by atoms with E-state index < -0.39 is 0 Å². The summed E-state index contributed by atoms with van der Waals surface area (Å²) in [5, 5.41) is 4.42. The summed E-state index contributed by atoms with van der Waals surface area (Å²) < 4.78 is 12.9. The van der Waals surface area contributed by atoms with Gasteiger partial charge in [0, 0.05) is 21.5 Å². The van der Waals surface area contributed by atoms with Crippen molar-refractivity contribution < 1.29 is 9.47 Å². The third-order valence-electron chi connectivity index (χ3n) is 4.21. The molecule has 0 N–H and O–H groups in total. The van der Waals surface area contributed by atoms with Crippen LogP contribution in [0, 0.1) is 0 Å². The van der Waals surface area contributed by atoms with Crippen LogP contribution >= 0.6 is 0 Å². The zero-order valence-electron chi connectivity index (χ0n) is 17.1. The van der Waals surface area contributed by atoms with E-state index in [2.05, 4.69) is 90.9 Å². The fraction of sp³-hybridized carbons (Fsp3) is 0.417. The van der Waals surface area contributed by atoms with Crippen LogP contribution in [0.2, 0.25) is 0 Å². The van der Waals surface area contributed by atoms with Gasteiger partial charge >= 0.3 is 0 Å². The summed E-state index contributed by atoms with van der Waals surface area (Å²) in [6.07, 6.45) is 0.993. The van der Waals surface area contributed by atoms with Gasteiger partial charge in [-0.25, -0.2) is 0 Å². The molecule has 2 heteroatoms. The van der Waals surface area contributed by atoms with E-state index in [1.54, 1.807) is 0 Å². The predicted octanol–water partition coefficient (Wildman–Crippen LogP) is 6.91. The second-order valence-electron chi connectivity index (χ2n) is 8.87. The third-order valence-corrected chi connectivity index (χ3v) is 4.21. The van der Waals surface area contributed by atoms with E-state index in [1.807, 2.05) is 0 Å². The van der Waals surface area contributed by atoms with Crippen LogP contribution in [0.25, 0.3) is 21.5 Å². The molecule has 0 saturated carbocycles. The van der Waals surface area contributed by atoms with Gasteiger partial charge in [-0.1, -0.05) is 43.3 Å². The van der Waals surface area contributed by atoms with Crippen LogP contribution in [0.15, 0.2) is 42.5 Å². The van der Waals surface area contributed by atoms with E-state index in [-0.39, 0.29) is 11.2 Å².